The van der Waals surface area contributed by atoms with Gasteiger partial charge >= 0.3 is 0 Å². The second-order valence-electron chi connectivity index (χ2n) is 6.51. The van der Waals surface area contributed by atoms with Crippen molar-refractivity contribution in [3.8, 4) is 0 Å². The molecule has 132 valence electrons. The second kappa shape index (κ2) is 7.00. The molecule has 4 rings (SSSR count). The fourth-order valence-electron chi connectivity index (χ4n) is 3.74. The van der Waals surface area contributed by atoms with E-state index in [1.165, 1.54) is 0 Å². The molecule has 1 unspecified atom stereocenters. The van der Waals surface area contributed by atoms with Crippen molar-refractivity contribution in [2.75, 3.05) is 0 Å². The molecule has 0 fully saturated rings. The van der Waals surface area contributed by atoms with Gasteiger partial charge in [-0.1, -0.05) is 84.9 Å². The Morgan fingerprint density at radius 2 is 1.26 bits per heavy atom. The standard InChI is InChI=1S/C23H18N2O2/c24-25-21-17-13-7-8-14-18(17)22(26)20(21)23(27)19(15-9-3-1-4-10-15)16-11-5-2-6-12-16/h1-14,19-20H,24H2. The number of hydrazone groups is 1. The minimum Gasteiger partial charge on any atom is -0.323 e. The number of Topliss-reactive ketones (excluding diaryl/α,β-unsaturated/α-hetero) is 2. The van der Waals surface area contributed by atoms with Gasteiger partial charge in [-0.15, -0.1) is 0 Å². The maximum absolute atomic E-state index is 13.6. The summed E-state index contributed by atoms with van der Waals surface area (Å²) in [5.74, 6) is 3.60. The van der Waals surface area contributed by atoms with Crippen LogP contribution in [0.15, 0.2) is 90.0 Å². The van der Waals surface area contributed by atoms with Crippen LogP contribution in [0.5, 0.6) is 0 Å². The molecule has 0 amide bonds. The van der Waals surface area contributed by atoms with Crippen LogP contribution < -0.4 is 5.84 Å². The van der Waals surface area contributed by atoms with Crippen LogP contribution in [0.4, 0.5) is 0 Å². The summed E-state index contributed by atoms with van der Waals surface area (Å²) >= 11 is 0. The smallest absolute Gasteiger partial charge is 0.180 e. The molecule has 3 aromatic rings. The molecule has 0 spiro atoms. The maximum atomic E-state index is 13.6. The Labute approximate surface area is 157 Å². The van der Waals surface area contributed by atoms with E-state index in [1.54, 1.807) is 18.2 Å². The highest BCUT2D eigenvalue weighted by Gasteiger charge is 2.44. The van der Waals surface area contributed by atoms with Gasteiger partial charge in [0.25, 0.3) is 0 Å². The predicted octanol–water partition coefficient (Wildman–Crippen LogP) is 3.56. The highest BCUT2D eigenvalue weighted by Crippen LogP contribution is 2.35. The molecule has 0 saturated heterocycles. The van der Waals surface area contributed by atoms with Crippen molar-refractivity contribution in [3.63, 3.8) is 0 Å². The molecular formula is C23H18N2O2. The highest BCUT2D eigenvalue weighted by molar-refractivity contribution is 6.37. The average Bonchev–Trinajstić information content (AvgIpc) is 3.02. The first-order valence-corrected chi connectivity index (χ1v) is 8.77. The first kappa shape index (κ1) is 16.9. The van der Waals surface area contributed by atoms with Crippen molar-refractivity contribution >= 4 is 17.3 Å². The molecule has 3 aromatic carbocycles. The van der Waals surface area contributed by atoms with Crippen LogP contribution in [0.2, 0.25) is 0 Å². The van der Waals surface area contributed by atoms with Gasteiger partial charge in [-0.2, -0.15) is 5.10 Å². The van der Waals surface area contributed by atoms with Gasteiger partial charge in [0.15, 0.2) is 11.6 Å². The van der Waals surface area contributed by atoms with E-state index >= 15 is 0 Å². The van der Waals surface area contributed by atoms with E-state index in [-0.39, 0.29) is 11.6 Å². The van der Waals surface area contributed by atoms with Gasteiger partial charge in [0.1, 0.15) is 5.92 Å². The largest absolute Gasteiger partial charge is 0.323 e. The number of rotatable bonds is 4. The Morgan fingerprint density at radius 3 is 1.78 bits per heavy atom. The van der Waals surface area contributed by atoms with E-state index in [0.717, 1.165) is 11.1 Å². The van der Waals surface area contributed by atoms with E-state index in [0.29, 0.717) is 16.8 Å². The summed E-state index contributed by atoms with van der Waals surface area (Å²) in [5, 5.41) is 3.83. The summed E-state index contributed by atoms with van der Waals surface area (Å²) < 4.78 is 0. The minimum atomic E-state index is -0.988. The average molecular weight is 354 g/mol. The first-order chi connectivity index (χ1) is 13.2. The number of hydrogen-bond acceptors (Lipinski definition) is 4. The third-order valence-electron chi connectivity index (χ3n) is 4.98. The number of nitrogens with two attached hydrogens (primary N) is 1. The molecule has 4 nitrogen and oxygen atoms in total. The second-order valence-corrected chi connectivity index (χ2v) is 6.51. The Balaban J connectivity index is 1.83. The summed E-state index contributed by atoms with van der Waals surface area (Å²) in [7, 11) is 0. The lowest BCUT2D eigenvalue weighted by molar-refractivity contribution is -0.120. The van der Waals surface area contributed by atoms with Gasteiger partial charge in [0, 0.05) is 11.1 Å². The molecule has 0 aromatic heterocycles. The third-order valence-corrected chi connectivity index (χ3v) is 4.98. The lowest BCUT2D eigenvalue weighted by Gasteiger charge is -2.20. The lowest BCUT2D eigenvalue weighted by atomic mass is 9.80. The number of carbonyl (C=O) groups excluding carboxylic acids is 2. The fourth-order valence-corrected chi connectivity index (χ4v) is 3.74. The molecule has 1 aliphatic carbocycles. The first-order valence-electron chi connectivity index (χ1n) is 8.77. The van der Waals surface area contributed by atoms with Crippen LogP contribution in [0.25, 0.3) is 0 Å². The fraction of sp³-hybridized carbons (Fsp3) is 0.0870. The Hall–Kier alpha value is -3.53. The summed E-state index contributed by atoms with van der Waals surface area (Å²) in [6.07, 6.45) is 0. The molecule has 0 radical (unpaired) electrons. The van der Waals surface area contributed by atoms with Crippen LogP contribution in [0.3, 0.4) is 0 Å². The van der Waals surface area contributed by atoms with Crippen LogP contribution in [-0.4, -0.2) is 17.3 Å². The van der Waals surface area contributed by atoms with Crippen molar-refractivity contribution < 1.29 is 9.59 Å². The molecule has 0 aliphatic heterocycles. The van der Waals surface area contributed by atoms with Gasteiger partial charge in [-0.25, -0.2) is 0 Å². The van der Waals surface area contributed by atoms with E-state index < -0.39 is 11.8 Å². The molecule has 0 bridgehead atoms. The minimum absolute atomic E-state index is 0.210. The third kappa shape index (κ3) is 2.85. The lowest BCUT2D eigenvalue weighted by Crippen LogP contribution is -2.32. The number of hydrogen-bond donors (Lipinski definition) is 1. The van der Waals surface area contributed by atoms with Crippen molar-refractivity contribution in [2.45, 2.75) is 5.92 Å². The van der Waals surface area contributed by atoms with Gasteiger partial charge in [-0.3, -0.25) is 9.59 Å². The molecule has 2 N–H and O–H groups in total. The number of carbonyl (C=O) groups is 2. The van der Waals surface area contributed by atoms with Crippen molar-refractivity contribution in [1.82, 2.24) is 0 Å². The molecule has 4 heteroatoms. The molecule has 1 atom stereocenters. The number of ketones is 2. The van der Waals surface area contributed by atoms with Crippen LogP contribution in [0, 0.1) is 5.92 Å². The topological polar surface area (TPSA) is 72.5 Å². The van der Waals surface area contributed by atoms with Gasteiger partial charge < -0.3 is 5.84 Å². The zero-order valence-electron chi connectivity index (χ0n) is 14.6. The van der Waals surface area contributed by atoms with Gasteiger partial charge in [0.2, 0.25) is 0 Å². The van der Waals surface area contributed by atoms with Crippen LogP contribution in [0.1, 0.15) is 33.0 Å². The summed E-state index contributed by atoms with van der Waals surface area (Å²) in [5.41, 5.74) is 3.17. The molecule has 0 heterocycles. The van der Waals surface area contributed by atoms with E-state index in [4.69, 9.17) is 5.84 Å². The van der Waals surface area contributed by atoms with E-state index in [9.17, 15) is 9.59 Å². The molecule has 27 heavy (non-hydrogen) atoms. The summed E-state index contributed by atoms with van der Waals surface area (Å²) in [6.45, 7) is 0. The zero-order valence-corrected chi connectivity index (χ0v) is 14.6. The van der Waals surface area contributed by atoms with E-state index in [2.05, 4.69) is 5.10 Å². The molecule has 0 saturated carbocycles. The SMILES string of the molecule is NN=C1c2ccccc2C(=O)C1C(=O)C(c1ccccc1)c1ccccc1. The van der Waals surface area contributed by atoms with E-state index in [1.807, 2.05) is 66.7 Å². The Bertz CT molecular complexity index is 987. The Kier molecular flexibility index (Phi) is 4.38. The number of nitrogens with zero attached hydrogens (tertiary/aromatic N) is 1. The number of fused-ring (bicyclic) bond motifs is 1. The van der Waals surface area contributed by atoms with Crippen molar-refractivity contribution in [1.29, 1.82) is 0 Å². The summed E-state index contributed by atoms with van der Waals surface area (Å²) in [6, 6.07) is 26.1. The normalized spacial score (nSPS) is 17.3. The predicted molar refractivity (Wildman–Crippen MR) is 105 cm³/mol. The van der Waals surface area contributed by atoms with Gasteiger partial charge in [-0.05, 0) is 11.1 Å². The molecule has 1 aliphatic rings. The zero-order chi connectivity index (χ0) is 18.8. The van der Waals surface area contributed by atoms with Gasteiger partial charge in [0.05, 0.1) is 11.6 Å². The quantitative estimate of drug-likeness (QED) is 0.442. The van der Waals surface area contributed by atoms with Crippen LogP contribution in [-0.2, 0) is 4.79 Å². The highest BCUT2D eigenvalue weighted by atomic mass is 16.2. The maximum Gasteiger partial charge on any atom is 0.180 e. The summed E-state index contributed by atoms with van der Waals surface area (Å²) in [4.78, 5) is 26.7. The van der Waals surface area contributed by atoms with Crippen molar-refractivity contribution in [3.05, 3.63) is 107 Å². The Morgan fingerprint density at radius 1 is 0.778 bits per heavy atom. The van der Waals surface area contributed by atoms with Crippen LogP contribution >= 0.6 is 0 Å². The van der Waals surface area contributed by atoms with Crippen molar-refractivity contribution in [2.24, 2.45) is 16.9 Å². The molecular weight excluding hydrogens is 336 g/mol. The number of benzene rings is 3. The monoisotopic (exact) mass is 354 g/mol.